The van der Waals surface area contributed by atoms with Gasteiger partial charge in [-0.05, 0) is 89.0 Å². The van der Waals surface area contributed by atoms with E-state index in [0.29, 0.717) is 0 Å². The molecule has 1 aromatic heterocycles. The van der Waals surface area contributed by atoms with Crippen LogP contribution in [0.15, 0.2) is 180 Å². The summed E-state index contributed by atoms with van der Waals surface area (Å²) < 4.78 is 2.43. The van der Waals surface area contributed by atoms with Gasteiger partial charge in [0.1, 0.15) is 0 Å². The minimum absolute atomic E-state index is 1.15. The first-order chi connectivity index (χ1) is 22.3. The van der Waals surface area contributed by atoms with Gasteiger partial charge in [-0.1, -0.05) is 115 Å². The van der Waals surface area contributed by atoms with Gasteiger partial charge in [-0.2, -0.15) is 0 Å². The van der Waals surface area contributed by atoms with Crippen LogP contribution in [0.1, 0.15) is 0 Å². The zero-order valence-corrected chi connectivity index (χ0v) is 25.3. The third-order valence-corrected chi connectivity index (χ3v) is 9.87. The molecule has 0 radical (unpaired) electrons. The summed E-state index contributed by atoms with van der Waals surface area (Å²) >= 11 is 1.84. The van der Waals surface area contributed by atoms with Gasteiger partial charge >= 0.3 is 0 Å². The van der Waals surface area contributed by atoms with Crippen molar-refractivity contribution in [2.45, 2.75) is 9.79 Å². The molecule has 0 saturated carbocycles. The van der Waals surface area contributed by atoms with Crippen molar-refractivity contribution in [2.24, 2.45) is 0 Å². The largest absolute Gasteiger partial charge is 0.309 e. The fourth-order valence-corrected chi connectivity index (χ4v) is 7.75. The second-order valence-electron chi connectivity index (χ2n) is 11.4. The normalized spacial score (nSPS) is 12.3. The smallest absolute Gasteiger partial charge is 0.0601 e. The lowest BCUT2D eigenvalue weighted by atomic mass is 9.98. The van der Waals surface area contributed by atoms with E-state index < -0.39 is 0 Å². The van der Waals surface area contributed by atoms with E-state index in [1.165, 1.54) is 65.2 Å². The molecule has 8 aromatic rings. The molecule has 0 aliphatic carbocycles. The third-order valence-electron chi connectivity index (χ3n) is 8.74. The van der Waals surface area contributed by atoms with Gasteiger partial charge < -0.3 is 9.47 Å². The minimum atomic E-state index is 1.15. The highest BCUT2D eigenvalue weighted by Crippen LogP contribution is 2.51. The quantitative estimate of drug-likeness (QED) is 0.201. The molecule has 0 amide bonds. The predicted octanol–water partition coefficient (Wildman–Crippen LogP) is 12.1. The lowest BCUT2D eigenvalue weighted by molar-refractivity contribution is 1.16. The molecule has 0 N–H and O–H groups in total. The van der Waals surface area contributed by atoms with Crippen molar-refractivity contribution in [1.29, 1.82) is 0 Å². The van der Waals surface area contributed by atoms with E-state index in [1.54, 1.807) is 0 Å². The molecule has 2 heterocycles. The van der Waals surface area contributed by atoms with Crippen LogP contribution in [-0.4, -0.2) is 4.57 Å². The van der Waals surface area contributed by atoms with Crippen molar-refractivity contribution in [3.8, 4) is 27.9 Å². The number of nitrogens with zero attached hydrogens (tertiary/aromatic N) is 2. The van der Waals surface area contributed by atoms with Crippen LogP contribution in [0.2, 0.25) is 0 Å². The Morgan fingerprint density at radius 1 is 0.356 bits per heavy atom. The van der Waals surface area contributed by atoms with Crippen LogP contribution in [0, 0.1) is 0 Å². The molecule has 0 unspecified atom stereocenters. The Labute approximate surface area is 266 Å². The van der Waals surface area contributed by atoms with E-state index in [-0.39, 0.29) is 0 Å². The van der Waals surface area contributed by atoms with Crippen LogP contribution in [-0.2, 0) is 0 Å². The second-order valence-corrected chi connectivity index (χ2v) is 12.5. The summed E-state index contributed by atoms with van der Waals surface area (Å²) in [6.07, 6.45) is 0. The van der Waals surface area contributed by atoms with Crippen LogP contribution < -0.4 is 4.90 Å². The highest BCUT2D eigenvalue weighted by Gasteiger charge is 2.25. The summed E-state index contributed by atoms with van der Waals surface area (Å²) in [4.78, 5) is 4.95. The lowest BCUT2D eigenvalue weighted by Crippen LogP contribution is -2.14. The van der Waals surface area contributed by atoms with Crippen molar-refractivity contribution in [3.63, 3.8) is 0 Å². The van der Waals surface area contributed by atoms with Crippen LogP contribution in [0.3, 0.4) is 0 Å². The Hall–Kier alpha value is -5.51. The first kappa shape index (κ1) is 25.9. The van der Waals surface area contributed by atoms with Crippen molar-refractivity contribution in [3.05, 3.63) is 170 Å². The zero-order valence-electron chi connectivity index (χ0n) is 24.5. The first-order valence-corrected chi connectivity index (χ1v) is 16.1. The molecular weight excluding hydrogens is 565 g/mol. The van der Waals surface area contributed by atoms with Crippen molar-refractivity contribution < 1.29 is 0 Å². The standard InChI is InChI=1S/C42H28N2S/c1-3-13-29(14-4-1)31-25-32(30-15-5-2-6-16-30)27-34(26-31)44-37-18-8-7-17-35(37)36-28-33(23-24-38(36)44)43-39-19-9-11-21-41(39)45-42-22-12-10-20-40(42)43/h1-28H. The number of rotatable bonds is 4. The number of benzene rings is 7. The molecule has 0 spiro atoms. The van der Waals surface area contributed by atoms with E-state index in [1.807, 2.05) is 11.8 Å². The molecule has 45 heavy (non-hydrogen) atoms. The SMILES string of the molecule is c1ccc(-c2cc(-c3ccccc3)cc(-n3c4ccccc4c4cc(N5c6ccccc6Sc6ccccc65)ccc43)c2)cc1. The van der Waals surface area contributed by atoms with Gasteiger partial charge in [0.2, 0.25) is 0 Å². The molecule has 1 aliphatic rings. The van der Waals surface area contributed by atoms with Crippen LogP contribution in [0.5, 0.6) is 0 Å². The summed E-state index contributed by atoms with van der Waals surface area (Å²) in [7, 11) is 0. The second kappa shape index (κ2) is 10.6. The molecule has 2 nitrogen and oxygen atoms in total. The molecular formula is C42H28N2S. The highest BCUT2D eigenvalue weighted by molar-refractivity contribution is 7.99. The zero-order chi connectivity index (χ0) is 29.7. The average Bonchev–Trinajstić information content (AvgIpc) is 3.45. The molecule has 0 saturated heterocycles. The summed E-state index contributed by atoms with van der Waals surface area (Å²) in [5, 5.41) is 2.48. The van der Waals surface area contributed by atoms with Gasteiger partial charge in [-0.3, -0.25) is 0 Å². The molecule has 1 aliphatic heterocycles. The monoisotopic (exact) mass is 592 g/mol. The lowest BCUT2D eigenvalue weighted by Gasteiger charge is -2.32. The fraction of sp³-hybridized carbons (Fsp3) is 0. The van der Waals surface area contributed by atoms with E-state index in [0.717, 1.165) is 11.4 Å². The molecule has 212 valence electrons. The van der Waals surface area contributed by atoms with Gasteiger partial charge in [0.05, 0.1) is 22.4 Å². The van der Waals surface area contributed by atoms with Crippen molar-refractivity contribution in [2.75, 3.05) is 4.90 Å². The number of hydrogen-bond acceptors (Lipinski definition) is 2. The van der Waals surface area contributed by atoms with E-state index in [2.05, 4.69) is 179 Å². The summed E-state index contributed by atoms with van der Waals surface area (Å²) in [5.74, 6) is 0. The van der Waals surface area contributed by atoms with Crippen molar-refractivity contribution >= 4 is 50.6 Å². The Morgan fingerprint density at radius 3 is 1.53 bits per heavy atom. The predicted molar refractivity (Wildman–Crippen MR) is 190 cm³/mol. The molecule has 7 aromatic carbocycles. The van der Waals surface area contributed by atoms with E-state index in [4.69, 9.17) is 0 Å². The summed E-state index contributed by atoms with van der Waals surface area (Å²) in [6, 6.07) is 61.5. The topological polar surface area (TPSA) is 8.17 Å². The molecule has 0 fully saturated rings. The molecule has 0 bridgehead atoms. The molecule has 0 atom stereocenters. The van der Waals surface area contributed by atoms with Gasteiger partial charge in [-0.25, -0.2) is 0 Å². The summed E-state index contributed by atoms with van der Waals surface area (Å²) in [6.45, 7) is 0. The molecule has 9 rings (SSSR count). The highest BCUT2D eigenvalue weighted by atomic mass is 32.2. The van der Waals surface area contributed by atoms with Crippen LogP contribution >= 0.6 is 11.8 Å². The molecule has 3 heteroatoms. The Bertz CT molecular complexity index is 2250. The maximum atomic E-state index is 2.43. The first-order valence-electron chi connectivity index (χ1n) is 15.3. The number of para-hydroxylation sites is 3. The Kier molecular flexibility index (Phi) is 6.10. The minimum Gasteiger partial charge on any atom is -0.309 e. The summed E-state index contributed by atoms with van der Waals surface area (Å²) in [5.41, 5.74) is 12.0. The number of fused-ring (bicyclic) bond motifs is 5. The van der Waals surface area contributed by atoms with Crippen LogP contribution in [0.4, 0.5) is 17.1 Å². The Morgan fingerprint density at radius 2 is 0.889 bits per heavy atom. The fourth-order valence-electron chi connectivity index (χ4n) is 6.70. The maximum Gasteiger partial charge on any atom is 0.0601 e. The van der Waals surface area contributed by atoms with Gasteiger partial charge in [0, 0.05) is 31.9 Å². The average molecular weight is 593 g/mol. The van der Waals surface area contributed by atoms with E-state index >= 15 is 0 Å². The number of anilines is 3. The van der Waals surface area contributed by atoms with Crippen molar-refractivity contribution in [1.82, 2.24) is 4.57 Å². The number of hydrogen-bond donors (Lipinski definition) is 0. The third kappa shape index (κ3) is 4.35. The van der Waals surface area contributed by atoms with Crippen LogP contribution in [0.25, 0.3) is 49.7 Å². The Balaban J connectivity index is 1.29. The van der Waals surface area contributed by atoms with Gasteiger partial charge in [0.25, 0.3) is 0 Å². The van der Waals surface area contributed by atoms with Gasteiger partial charge in [0.15, 0.2) is 0 Å². The maximum absolute atomic E-state index is 2.43. The number of aromatic nitrogens is 1. The van der Waals surface area contributed by atoms with Gasteiger partial charge in [-0.15, -0.1) is 0 Å². The van der Waals surface area contributed by atoms with E-state index in [9.17, 15) is 0 Å².